The molecule has 0 spiro atoms. The zero-order valence-corrected chi connectivity index (χ0v) is 25.0. The summed E-state index contributed by atoms with van der Waals surface area (Å²) in [4.78, 5) is 0. The van der Waals surface area contributed by atoms with Gasteiger partial charge in [-0.1, -0.05) is 109 Å². The van der Waals surface area contributed by atoms with Gasteiger partial charge in [-0.05, 0) is 75.5 Å². The Balaban J connectivity index is 1.05. The van der Waals surface area contributed by atoms with Gasteiger partial charge in [0.25, 0.3) is 0 Å². The van der Waals surface area contributed by atoms with Crippen LogP contribution in [-0.4, -0.2) is 4.57 Å². The van der Waals surface area contributed by atoms with Gasteiger partial charge < -0.3 is 8.98 Å². The van der Waals surface area contributed by atoms with Crippen molar-refractivity contribution in [2.45, 2.75) is 0 Å². The van der Waals surface area contributed by atoms with E-state index >= 15 is 0 Å². The van der Waals surface area contributed by atoms with Crippen molar-refractivity contribution in [3.8, 4) is 27.9 Å². The molecule has 0 aliphatic carbocycles. The monoisotopic (exact) mass is 591 g/mol. The summed E-state index contributed by atoms with van der Waals surface area (Å²) in [6.07, 6.45) is 0. The molecule has 7 aromatic carbocycles. The molecule has 0 atom stereocenters. The number of nitrogens with zero attached hydrogens (tertiary/aromatic N) is 1. The molecule has 210 valence electrons. The second-order valence-corrected chi connectivity index (χ2v) is 12.8. The molecule has 3 heterocycles. The Morgan fingerprint density at radius 3 is 1.96 bits per heavy atom. The van der Waals surface area contributed by atoms with Crippen LogP contribution >= 0.6 is 11.3 Å². The number of benzene rings is 7. The van der Waals surface area contributed by atoms with Crippen molar-refractivity contribution in [3.63, 3.8) is 0 Å². The van der Waals surface area contributed by atoms with E-state index in [0.29, 0.717) is 0 Å². The van der Waals surface area contributed by atoms with E-state index in [1.54, 1.807) is 0 Å². The van der Waals surface area contributed by atoms with Crippen LogP contribution in [0.25, 0.3) is 91.9 Å². The number of hydrogen-bond donors (Lipinski definition) is 0. The van der Waals surface area contributed by atoms with E-state index in [-0.39, 0.29) is 0 Å². The number of hydrogen-bond acceptors (Lipinski definition) is 2. The molecule has 0 N–H and O–H groups in total. The molecule has 0 aliphatic heterocycles. The smallest absolute Gasteiger partial charge is 0.136 e. The Morgan fingerprint density at radius 1 is 0.467 bits per heavy atom. The summed E-state index contributed by atoms with van der Waals surface area (Å²) in [5.41, 5.74) is 10.4. The largest absolute Gasteiger partial charge is 0.456 e. The number of furan rings is 1. The van der Waals surface area contributed by atoms with Crippen LogP contribution < -0.4 is 0 Å². The van der Waals surface area contributed by atoms with Crippen molar-refractivity contribution < 1.29 is 4.42 Å². The van der Waals surface area contributed by atoms with Crippen LogP contribution in [0.15, 0.2) is 156 Å². The summed E-state index contributed by atoms with van der Waals surface area (Å²) in [7, 11) is 0. The van der Waals surface area contributed by atoms with Gasteiger partial charge in [-0.25, -0.2) is 0 Å². The molecular weight excluding hydrogens is 567 g/mol. The van der Waals surface area contributed by atoms with E-state index in [9.17, 15) is 0 Å². The van der Waals surface area contributed by atoms with Gasteiger partial charge in [0.1, 0.15) is 11.2 Å². The van der Waals surface area contributed by atoms with Gasteiger partial charge >= 0.3 is 0 Å². The third-order valence-electron chi connectivity index (χ3n) is 9.20. The first-order valence-electron chi connectivity index (χ1n) is 15.3. The fourth-order valence-corrected chi connectivity index (χ4v) is 8.34. The van der Waals surface area contributed by atoms with Crippen molar-refractivity contribution in [3.05, 3.63) is 152 Å². The molecule has 0 radical (unpaired) electrons. The van der Waals surface area contributed by atoms with Crippen LogP contribution in [0.2, 0.25) is 0 Å². The van der Waals surface area contributed by atoms with Crippen LogP contribution in [0.1, 0.15) is 0 Å². The molecule has 0 aliphatic rings. The molecule has 10 aromatic rings. The molecule has 0 unspecified atom stereocenters. The van der Waals surface area contributed by atoms with Gasteiger partial charge in [0.2, 0.25) is 0 Å². The predicted octanol–water partition coefficient (Wildman–Crippen LogP) is 12.4. The highest BCUT2D eigenvalue weighted by atomic mass is 32.1. The maximum atomic E-state index is 6.34. The molecule has 0 saturated carbocycles. The fraction of sp³-hybridized carbons (Fsp3) is 0. The second kappa shape index (κ2) is 9.43. The van der Waals surface area contributed by atoms with E-state index < -0.39 is 0 Å². The van der Waals surface area contributed by atoms with Gasteiger partial charge in [0, 0.05) is 31.9 Å². The van der Waals surface area contributed by atoms with Crippen molar-refractivity contribution in [1.29, 1.82) is 0 Å². The third-order valence-corrected chi connectivity index (χ3v) is 10.4. The zero-order valence-electron chi connectivity index (χ0n) is 24.2. The number of fused-ring (bicyclic) bond motifs is 10. The van der Waals surface area contributed by atoms with Gasteiger partial charge in [-0.3, -0.25) is 0 Å². The molecule has 0 amide bonds. The van der Waals surface area contributed by atoms with Crippen molar-refractivity contribution in [2.24, 2.45) is 0 Å². The lowest BCUT2D eigenvalue weighted by molar-refractivity contribution is 0.669. The molecule has 0 bridgehead atoms. The highest BCUT2D eigenvalue weighted by Gasteiger charge is 2.18. The van der Waals surface area contributed by atoms with Crippen LogP contribution in [0.4, 0.5) is 0 Å². The van der Waals surface area contributed by atoms with E-state index in [1.165, 1.54) is 69.7 Å². The van der Waals surface area contributed by atoms with Crippen molar-refractivity contribution >= 4 is 75.3 Å². The van der Waals surface area contributed by atoms with E-state index in [4.69, 9.17) is 4.42 Å². The standard InChI is InChI=1S/C42H25NOS/c1-2-9-31(10-3-1)43-36-13-7-6-12-33(36)42-41(43)35-22-19-30(25-39(35)45-42)27-16-14-26(15-17-27)29-18-21-34-38(24-29)44-37-23-20-28-8-4-5-11-32(28)40(34)37/h1-25H. The summed E-state index contributed by atoms with van der Waals surface area (Å²) < 4.78 is 11.4. The van der Waals surface area contributed by atoms with Crippen LogP contribution in [0.5, 0.6) is 0 Å². The average Bonchev–Trinajstić information content (AvgIpc) is 3.77. The Labute approximate surface area is 263 Å². The summed E-state index contributed by atoms with van der Waals surface area (Å²) in [6.45, 7) is 0. The lowest BCUT2D eigenvalue weighted by Gasteiger charge is -2.08. The first-order chi connectivity index (χ1) is 22.3. The predicted molar refractivity (Wildman–Crippen MR) is 192 cm³/mol. The summed E-state index contributed by atoms with van der Waals surface area (Å²) in [6, 6.07) is 54.6. The minimum atomic E-state index is 0.922. The van der Waals surface area contributed by atoms with Crippen molar-refractivity contribution in [1.82, 2.24) is 4.57 Å². The SMILES string of the molecule is c1ccc(-n2c3ccccc3c3sc4cc(-c5ccc(-c6ccc7c(c6)oc6ccc8ccccc8c67)cc5)ccc4c32)cc1. The molecule has 0 fully saturated rings. The highest BCUT2D eigenvalue weighted by Crippen LogP contribution is 2.43. The highest BCUT2D eigenvalue weighted by molar-refractivity contribution is 7.26. The van der Waals surface area contributed by atoms with Gasteiger partial charge in [-0.15, -0.1) is 11.3 Å². The Hall–Kier alpha value is -5.64. The summed E-state index contributed by atoms with van der Waals surface area (Å²) >= 11 is 1.89. The van der Waals surface area contributed by atoms with E-state index in [1.807, 2.05) is 11.3 Å². The van der Waals surface area contributed by atoms with Gasteiger partial charge in [-0.2, -0.15) is 0 Å². The number of thiophene rings is 1. The number of rotatable bonds is 3. The topological polar surface area (TPSA) is 18.1 Å². The molecule has 45 heavy (non-hydrogen) atoms. The van der Waals surface area contributed by atoms with Crippen molar-refractivity contribution in [2.75, 3.05) is 0 Å². The quantitative estimate of drug-likeness (QED) is 0.200. The van der Waals surface area contributed by atoms with Crippen LogP contribution in [0.3, 0.4) is 0 Å². The number of aromatic nitrogens is 1. The Bertz CT molecular complexity index is 2740. The van der Waals surface area contributed by atoms with Crippen LogP contribution in [-0.2, 0) is 0 Å². The molecular formula is C42H25NOS. The fourth-order valence-electron chi connectivity index (χ4n) is 7.07. The van der Waals surface area contributed by atoms with E-state index in [2.05, 4.69) is 156 Å². The molecule has 3 heteroatoms. The van der Waals surface area contributed by atoms with Gasteiger partial charge in [0.05, 0.1) is 15.7 Å². The Kier molecular flexibility index (Phi) is 5.19. The number of para-hydroxylation sites is 2. The molecule has 10 rings (SSSR count). The second-order valence-electron chi connectivity index (χ2n) is 11.7. The maximum absolute atomic E-state index is 6.34. The molecule has 0 saturated heterocycles. The third kappa shape index (κ3) is 3.68. The van der Waals surface area contributed by atoms with E-state index in [0.717, 1.165) is 22.1 Å². The molecule has 3 aromatic heterocycles. The minimum Gasteiger partial charge on any atom is -0.456 e. The first kappa shape index (κ1) is 24.8. The summed E-state index contributed by atoms with van der Waals surface area (Å²) in [5, 5.41) is 7.41. The van der Waals surface area contributed by atoms with Crippen LogP contribution in [0, 0.1) is 0 Å². The normalized spacial score (nSPS) is 12.0. The zero-order chi connectivity index (χ0) is 29.5. The summed E-state index contributed by atoms with van der Waals surface area (Å²) in [5.74, 6) is 0. The first-order valence-corrected chi connectivity index (χ1v) is 16.1. The van der Waals surface area contributed by atoms with Gasteiger partial charge in [0.15, 0.2) is 0 Å². The molecule has 2 nitrogen and oxygen atoms in total. The maximum Gasteiger partial charge on any atom is 0.136 e. The minimum absolute atomic E-state index is 0.922. The average molecular weight is 592 g/mol. The lowest BCUT2D eigenvalue weighted by Crippen LogP contribution is -1.92. The Morgan fingerprint density at radius 2 is 1.13 bits per heavy atom. The lowest BCUT2D eigenvalue weighted by atomic mass is 9.98.